The zero-order valence-electron chi connectivity index (χ0n) is 12.1. The van der Waals surface area contributed by atoms with E-state index in [1.165, 1.54) is 6.07 Å². The summed E-state index contributed by atoms with van der Waals surface area (Å²) in [6.45, 7) is 0. The molecule has 0 aliphatic heterocycles. The third-order valence-corrected chi connectivity index (χ3v) is 4.25. The van der Waals surface area contributed by atoms with Crippen LogP contribution in [0.25, 0.3) is 0 Å². The lowest BCUT2D eigenvalue weighted by molar-refractivity contribution is -0.137. The van der Waals surface area contributed by atoms with Crippen LogP contribution in [0, 0.1) is 0 Å². The van der Waals surface area contributed by atoms with E-state index in [1.807, 2.05) is 0 Å². The molecule has 0 aliphatic rings. The number of rotatable bonds is 4. The monoisotopic (exact) mass is 395 g/mol. The fourth-order valence-electron chi connectivity index (χ4n) is 2.00. The smallest absolute Gasteiger partial charge is 0.326 e. The van der Waals surface area contributed by atoms with Crippen molar-refractivity contribution in [3.8, 4) is 0 Å². The predicted molar refractivity (Wildman–Crippen MR) is 89.9 cm³/mol. The SMILES string of the molecule is O=C(CCc1ccc(Cl)c(Cl)c1)Nc1ccc(Cl)c(C(F)(F)F)c1. The van der Waals surface area contributed by atoms with E-state index >= 15 is 0 Å². The number of hydrogen-bond donors (Lipinski definition) is 1. The Balaban J connectivity index is 2.01. The summed E-state index contributed by atoms with van der Waals surface area (Å²) < 4.78 is 38.4. The van der Waals surface area contributed by atoms with E-state index in [1.54, 1.807) is 18.2 Å². The molecule has 0 heterocycles. The summed E-state index contributed by atoms with van der Waals surface area (Å²) in [5.41, 5.74) is -0.163. The predicted octanol–water partition coefficient (Wildman–Crippen LogP) is 6.24. The zero-order chi connectivity index (χ0) is 17.9. The van der Waals surface area contributed by atoms with E-state index < -0.39 is 22.7 Å². The second kappa shape index (κ2) is 7.64. The molecule has 2 nitrogen and oxygen atoms in total. The Morgan fingerprint density at radius 2 is 1.62 bits per heavy atom. The third kappa shape index (κ3) is 5.03. The standard InChI is InChI=1S/C16H11Cl3F3NO/c17-12-5-3-10(8-11(12)16(20,21)22)23-15(24)6-2-9-1-4-13(18)14(19)7-9/h1,3-5,7-8H,2,6H2,(H,23,24). The first-order valence-corrected chi connectivity index (χ1v) is 7.91. The van der Waals surface area contributed by atoms with E-state index in [0.29, 0.717) is 16.5 Å². The average molecular weight is 397 g/mol. The highest BCUT2D eigenvalue weighted by Crippen LogP contribution is 2.36. The second-order valence-corrected chi connectivity index (χ2v) is 6.21. The summed E-state index contributed by atoms with van der Waals surface area (Å²) in [5, 5.41) is 2.79. The molecule has 0 saturated heterocycles. The fourth-order valence-corrected chi connectivity index (χ4v) is 2.54. The number of hydrogen-bond acceptors (Lipinski definition) is 1. The van der Waals surface area contributed by atoms with Gasteiger partial charge in [0, 0.05) is 12.1 Å². The Bertz CT molecular complexity index is 763. The number of anilines is 1. The molecule has 1 N–H and O–H groups in total. The van der Waals surface area contributed by atoms with Crippen LogP contribution in [0.15, 0.2) is 36.4 Å². The molecule has 0 radical (unpaired) electrons. The van der Waals surface area contributed by atoms with Gasteiger partial charge in [-0.3, -0.25) is 4.79 Å². The molecule has 0 saturated carbocycles. The average Bonchev–Trinajstić information content (AvgIpc) is 2.49. The van der Waals surface area contributed by atoms with E-state index in [4.69, 9.17) is 34.8 Å². The second-order valence-electron chi connectivity index (χ2n) is 4.99. The largest absolute Gasteiger partial charge is 0.417 e. The minimum Gasteiger partial charge on any atom is -0.326 e. The number of halogens is 6. The van der Waals surface area contributed by atoms with E-state index in [9.17, 15) is 18.0 Å². The van der Waals surface area contributed by atoms with E-state index in [2.05, 4.69) is 5.32 Å². The lowest BCUT2D eigenvalue weighted by Crippen LogP contribution is -2.14. The molecule has 0 fully saturated rings. The van der Waals surface area contributed by atoms with Crippen LogP contribution in [0.1, 0.15) is 17.5 Å². The van der Waals surface area contributed by atoms with Crippen molar-refractivity contribution in [2.45, 2.75) is 19.0 Å². The lowest BCUT2D eigenvalue weighted by atomic mass is 10.1. The molecule has 0 spiro atoms. The Kier molecular flexibility index (Phi) is 6.01. The first-order valence-electron chi connectivity index (χ1n) is 6.77. The summed E-state index contributed by atoms with van der Waals surface area (Å²) in [6.07, 6.45) is -4.12. The van der Waals surface area contributed by atoms with Crippen LogP contribution >= 0.6 is 34.8 Å². The van der Waals surface area contributed by atoms with Gasteiger partial charge in [0.05, 0.1) is 20.6 Å². The van der Waals surface area contributed by atoms with Gasteiger partial charge in [0.25, 0.3) is 0 Å². The highest BCUT2D eigenvalue weighted by atomic mass is 35.5. The molecule has 128 valence electrons. The first-order chi connectivity index (χ1) is 11.2. The molecule has 1 amide bonds. The van der Waals surface area contributed by atoms with Gasteiger partial charge in [0.1, 0.15) is 0 Å². The van der Waals surface area contributed by atoms with Crippen molar-refractivity contribution in [1.82, 2.24) is 0 Å². The molecule has 8 heteroatoms. The van der Waals surface area contributed by atoms with Crippen LogP contribution in [0.5, 0.6) is 0 Å². The zero-order valence-corrected chi connectivity index (χ0v) is 14.3. The summed E-state index contributed by atoms with van der Waals surface area (Å²) in [6, 6.07) is 8.20. The van der Waals surface area contributed by atoms with Gasteiger partial charge in [-0.25, -0.2) is 0 Å². The number of nitrogens with one attached hydrogen (secondary N) is 1. The molecule has 2 aromatic rings. The minimum atomic E-state index is -4.59. The minimum absolute atomic E-state index is 0.0332. The third-order valence-electron chi connectivity index (χ3n) is 3.18. The molecule has 0 atom stereocenters. The van der Waals surface area contributed by atoms with E-state index in [0.717, 1.165) is 17.7 Å². The molecule has 0 aliphatic carbocycles. The van der Waals surface area contributed by atoms with Gasteiger partial charge in [-0.15, -0.1) is 0 Å². The molecule has 24 heavy (non-hydrogen) atoms. The fraction of sp³-hybridized carbons (Fsp3) is 0.188. The maximum absolute atomic E-state index is 12.8. The van der Waals surface area contributed by atoms with Crippen molar-refractivity contribution in [2.75, 3.05) is 5.32 Å². The van der Waals surface area contributed by atoms with Crippen molar-refractivity contribution < 1.29 is 18.0 Å². The maximum Gasteiger partial charge on any atom is 0.417 e. The quantitative estimate of drug-likeness (QED) is 0.651. The number of amides is 1. The van der Waals surface area contributed by atoms with Crippen molar-refractivity contribution >= 4 is 46.4 Å². The molecule has 2 rings (SSSR count). The summed E-state index contributed by atoms with van der Waals surface area (Å²) in [4.78, 5) is 11.9. The van der Waals surface area contributed by atoms with Crippen LogP contribution in [0.2, 0.25) is 15.1 Å². The van der Waals surface area contributed by atoms with Gasteiger partial charge >= 0.3 is 6.18 Å². The Morgan fingerprint density at radius 1 is 0.958 bits per heavy atom. The molecular formula is C16H11Cl3F3NO. The van der Waals surface area contributed by atoms with Crippen LogP contribution < -0.4 is 5.32 Å². The van der Waals surface area contributed by atoms with Gasteiger partial charge < -0.3 is 5.32 Å². The number of carbonyl (C=O) groups is 1. The molecule has 2 aromatic carbocycles. The molecule has 0 bridgehead atoms. The number of benzene rings is 2. The lowest BCUT2D eigenvalue weighted by Gasteiger charge is -2.12. The van der Waals surface area contributed by atoms with Crippen molar-refractivity contribution in [2.24, 2.45) is 0 Å². The number of carbonyl (C=O) groups excluding carboxylic acids is 1. The van der Waals surface area contributed by atoms with Crippen molar-refractivity contribution in [3.05, 3.63) is 62.6 Å². The Morgan fingerprint density at radius 3 is 2.25 bits per heavy atom. The van der Waals surface area contributed by atoms with Crippen molar-refractivity contribution in [3.63, 3.8) is 0 Å². The maximum atomic E-state index is 12.8. The topological polar surface area (TPSA) is 29.1 Å². The Hall–Kier alpha value is -1.43. The highest BCUT2D eigenvalue weighted by molar-refractivity contribution is 6.42. The van der Waals surface area contributed by atoms with Crippen molar-refractivity contribution in [1.29, 1.82) is 0 Å². The Labute approximate surface area is 151 Å². The number of alkyl halides is 3. The van der Waals surface area contributed by atoms with Gasteiger partial charge in [-0.05, 0) is 42.3 Å². The van der Waals surface area contributed by atoms with Gasteiger partial charge in [0.15, 0.2) is 0 Å². The van der Waals surface area contributed by atoms with Gasteiger partial charge in [-0.2, -0.15) is 13.2 Å². The summed E-state index contributed by atoms with van der Waals surface area (Å²) in [7, 11) is 0. The van der Waals surface area contributed by atoms with E-state index in [-0.39, 0.29) is 12.1 Å². The van der Waals surface area contributed by atoms with Crippen LogP contribution in [-0.2, 0) is 17.4 Å². The molecule has 0 aromatic heterocycles. The molecular weight excluding hydrogens is 386 g/mol. The van der Waals surface area contributed by atoms with Gasteiger partial charge in [0.2, 0.25) is 5.91 Å². The number of aryl methyl sites for hydroxylation is 1. The van der Waals surface area contributed by atoms with Gasteiger partial charge in [-0.1, -0.05) is 40.9 Å². The first kappa shape index (κ1) is 18.9. The van der Waals surface area contributed by atoms with Crippen LogP contribution in [-0.4, -0.2) is 5.91 Å². The summed E-state index contributed by atoms with van der Waals surface area (Å²) in [5.74, 6) is -0.420. The highest BCUT2D eigenvalue weighted by Gasteiger charge is 2.33. The molecule has 0 unspecified atom stereocenters. The summed E-state index contributed by atoms with van der Waals surface area (Å²) >= 11 is 17.2. The normalized spacial score (nSPS) is 11.4. The van der Waals surface area contributed by atoms with Crippen LogP contribution in [0.4, 0.5) is 18.9 Å². The van der Waals surface area contributed by atoms with Crippen LogP contribution in [0.3, 0.4) is 0 Å².